The summed E-state index contributed by atoms with van der Waals surface area (Å²) in [4.78, 5) is 16.1. The average Bonchev–Trinajstić information content (AvgIpc) is 2.61. The summed E-state index contributed by atoms with van der Waals surface area (Å²) in [5, 5.41) is 6.51. The number of rotatable bonds is 9. The van der Waals surface area contributed by atoms with Crippen LogP contribution in [0.2, 0.25) is 0 Å². The first-order chi connectivity index (χ1) is 11.3. The van der Waals surface area contributed by atoms with Crippen LogP contribution in [0.15, 0.2) is 54.7 Å². The minimum atomic E-state index is -0.112. The molecule has 1 amide bonds. The zero-order valence-corrected chi connectivity index (χ0v) is 13.7. The van der Waals surface area contributed by atoms with Crippen molar-refractivity contribution in [2.24, 2.45) is 0 Å². The van der Waals surface area contributed by atoms with Crippen LogP contribution in [0, 0.1) is 0 Å². The lowest BCUT2D eigenvalue weighted by molar-refractivity contribution is 0.0947. The number of pyridine rings is 1. The fraction of sp³-hybridized carbons (Fsp3) is 0.368. The summed E-state index contributed by atoms with van der Waals surface area (Å²) in [6.45, 7) is 3.80. The Kier molecular flexibility index (Phi) is 7.27. The first kappa shape index (κ1) is 17.2. The largest absolute Gasteiger partial charge is 0.351 e. The Labute approximate surface area is 138 Å². The van der Waals surface area contributed by atoms with Crippen molar-refractivity contribution in [1.82, 2.24) is 15.6 Å². The molecule has 4 heteroatoms. The van der Waals surface area contributed by atoms with Gasteiger partial charge in [0, 0.05) is 18.8 Å². The molecule has 0 fully saturated rings. The van der Waals surface area contributed by atoms with Gasteiger partial charge < -0.3 is 10.6 Å². The minimum Gasteiger partial charge on any atom is -0.351 e. The maximum absolute atomic E-state index is 12.0. The molecule has 23 heavy (non-hydrogen) atoms. The van der Waals surface area contributed by atoms with E-state index >= 15 is 0 Å². The van der Waals surface area contributed by atoms with Crippen LogP contribution in [-0.2, 0) is 6.42 Å². The maximum Gasteiger partial charge on any atom is 0.269 e. The quantitative estimate of drug-likeness (QED) is 0.749. The van der Waals surface area contributed by atoms with Gasteiger partial charge in [-0.05, 0) is 43.5 Å². The van der Waals surface area contributed by atoms with E-state index in [0.29, 0.717) is 18.3 Å². The van der Waals surface area contributed by atoms with Crippen molar-refractivity contribution >= 4 is 5.91 Å². The molecule has 0 aliphatic rings. The smallest absolute Gasteiger partial charge is 0.269 e. The molecular formula is C19H25N3O. The van der Waals surface area contributed by atoms with Gasteiger partial charge >= 0.3 is 0 Å². The second kappa shape index (κ2) is 9.74. The molecule has 4 nitrogen and oxygen atoms in total. The molecule has 2 N–H and O–H groups in total. The van der Waals surface area contributed by atoms with Crippen molar-refractivity contribution in [3.63, 3.8) is 0 Å². The highest BCUT2D eigenvalue weighted by molar-refractivity contribution is 5.92. The van der Waals surface area contributed by atoms with Crippen LogP contribution in [0.4, 0.5) is 0 Å². The van der Waals surface area contributed by atoms with Crippen molar-refractivity contribution in [3.8, 4) is 0 Å². The molecule has 2 rings (SSSR count). The molecule has 2 aromatic rings. The summed E-state index contributed by atoms with van der Waals surface area (Å²) < 4.78 is 0. The fourth-order valence-corrected chi connectivity index (χ4v) is 2.47. The topological polar surface area (TPSA) is 54.0 Å². The van der Waals surface area contributed by atoms with Gasteiger partial charge in [-0.25, -0.2) is 0 Å². The SMILES string of the molecule is CCCN[C@H](CCNC(=O)c1ccccn1)Cc1ccccc1. The molecule has 0 aliphatic heterocycles. The predicted octanol–water partition coefficient (Wildman–Crippen LogP) is 2.81. The standard InChI is InChI=1S/C19H25N3O/c1-2-12-20-17(15-16-8-4-3-5-9-16)11-14-22-19(23)18-10-6-7-13-21-18/h3-10,13,17,20H,2,11-12,14-15H2,1H3,(H,22,23)/t17-/m1/s1. The highest BCUT2D eigenvalue weighted by Crippen LogP contribution is 2.06. The van der Waals surface area contributed by atoms with Crippen molar-refractivity contribution < 1.29 is 4.79 Å². The number of carbonyl (C=O) groups is 1. The molecule has 0 saturated heterocycles. The van der Waals surface area contributed by atoms with E-state index in [0.717, 1.165) is 25.8 Å². The Morgan fingerprint density at radius 1 is 1.09 bits per heavy atom. The van der Waals surface area contributed by atoms with Gasteiger partial charge in [0.25, 0.3) is 5.91 Å². The van der Waals surface area contributed by atoms with Gasteiger partial charge in [-0.3, -0.25) is 9.78 Å². The van der Waals surface area contributed by atoms with E-state index < -0.39 is 0 Å². The number of hydrogen-bond donors (Lipinski definition) is 2. The maximum atomic E-state index is 12.0. The van der Waals surface area contributed by atoms with E-state index in [1.807, 2.05) is 12.1 Å². The summed E-state index contributed by atoms with van der Waals surface area (Å²) in [5.41, 5.74) is 1.78. The van der Waals surface area contributed by atoms with Gasteiger partial charge in [0.15, 0.2) is 0 Å². The van der Waals surface area contributed by atoms with E-state index in [2.05, 4.69) is 46.8 Å². The summed E-state index contributed by atoms with van der Waals surface area (Å²) in [7, 11) is 0. The van der Waals surface area contributed by atoms with Gasteiger partial charge in [-0.1, -0.05) is 43.3 Å². The van der Waals surface area contributed by atoms with Crippen LogP contribution in [0.1, 0.15) is 35.8 Å². The number of nitrogens with zero attached hydrogens (tertiary/aromatic N) is 1. The highest BCUT2D eigenvalue weighted by atomic mass is 16.1. The molecule has 0 bridgehead atoms. The molecule has 0 saturated carbocycles. The first-order valence-electron chi connectivity index (χ1n) is 8.26. The number of nitrogens with one attached hydrogen (secondary N) is 2. The summed E-state index contributed by atoms with van der Waals surface area (Å²) in [6, 6.07) is 16.2. The zero-order chi connectivity index (χ0) is 16.3. The lowest BCUT2D eigenvalue weighted by Gasteiger charge is -2.19. The van der Waals surface area contributed by atoms with Crippen LogP contribution in [0.3, 0.4) is 0 Å². The molecular weight excluding hydrogens is 286 g/mol. The van der Waals surface area contributed by atoms with Gasteiger partial charge in [0.1, 0.15) is 5.69 Å². The van der Waals surface area contributed by atoms with E-state index in [-0.39, 0.29) is 5.91 Å². The molecule has 1 aromatic heterocycles. The first-order valence-corrected chi connectivity index (χ1v) is 8.26. The fourth-order valence-electron chi connectivity index (χ4n) is 2.47. The minimum absolute atomic E-state index is 0.112. The number of aromatic nitrogens is 1. The summed E-state index contributed by atoms with van der Waals surface area (Å²) in [6.07, 6.45) is 4.61. The van der Waals surface area contributed by atoms with Crippen LogP contribution in [0.5, 0.6) is 0 Å². The highest BCUT2D eigenvalue weighted by Gasteiger charge is 2.10. The van der Waals surface area contributed by atoms with E-state index in [4.69, 9.17) is 0 Å². The van der Waals surface area contributed by atoms with Gasteiger partial charge in [0.2, 0.25) is 0 Å². The number of amides is 1. The monoisotopic (exact) mass is 311 g/mol. The zero-order valence-electron chi connectivity index (χ0n) is 13.7. The second-order valence-corrected chi connectivity index (χ2v) is 5.60. The van der Waals surface area contributed by atoms with Crippen molar-refractivity contribution in [3.05, 3.63) is 66.0 Å². The summed E-state index contributed by atoms with van der Waals surface area (Å²) >= 11 is 0. The Morgan fingerprint density at radius 3 is 2.57 bits per heavy atom. The number of carbonyl (C=O) groups excluding carboxylic acids is 1. The third-order valence-corrected chi connectivity index (χ3v) is 3.68. The van der Waals surface area contributed by atoms with E-state index in [1.165, 1.54) is 5.56 Å². The van der Waals surface area contributed by atoms with Crippen LogP contribution in [0.25, 0.3) is 0 Å². The van der Waals surface area contributed by atoms with Crippen molar-refractivity contribution in [2.75, 3.05) is 13.1 Å². The molecule has 0 radical (unpaired) electrons. The normalized spacial score (nSPS) is 11.9. The Hall–Kier alpha value is -2.20. The van der Waals surface area contributed by atoms with Crippen LogP contribution in [-0.4, -0.2) is 30.0 Å². The van der Waals surface area contributed by atoms with Gasteiger partial charge in [-0.15, -0.1) is 0 Å². The van der Waals surface area contributed by atoms with Gasteiger partial charge in [0.05, 0.1) is 0 Å². The van der Waals surface area contributed by atoms with Crippen LogP contribution < -0.4 is 10.6 Å². The molecule has 122 valence electrons. The molecule has 1 aromatic carbocycles. The molecule has 1 atom stereocenters. The Morgan fingerprint density at radius 2 is 1.87 bits per heavy atom. The Balaban J connectivity index is 1.82. The number of hydrogen-bond acceptors (Lipinski definition) is 3. The molecule has 0 spiro atoms. The molecule has 1 heterocycles. The number of benzene rings is 1. The lowest BCUT2D eigenvalue weighted by atomic mass is 10.0. The van der Waals surface area contributed by atoms with Crippen molar-refractivity contribution in [1.29, 1.82) is 0 Å². The predicted molar refractivity (Wildman–Crippen MR) is 93.4 cm³/mol. The second-order valence-electron chi connectivity index (χ2n) is 5.60. The molecule has 0 unspecified atom stereocenters. The third kappa shape index (κ3) is 6.20. The van der Waals surface area contributed by atoms with E-state index in [1.54, 1.807) is 18.3 Å². The van der Waals surface area contributed by atoms with Gasteiger partial charge in [-0.2, -0.15) is 0 Å². The van der Waals surface area contributed by atoms with Crippen molar-refractivity contribution in [2.45, 2.75) is 32.2 Å². The average molecular weight is 311 g/mol. The van der Waals surface area contributed by atoms with E-state index in [9.17, 15) is 4.79 Å². The lowest BCUT2D eigenvalue weighted by Crippen LogP contribution is -2.36. The third-order valence-electron chi connectivity index (χ3n) is 3.68. The Bertz CT molecular complexity index is 572. The summed E-state index contributed by atoms with van der Waals surface area (Å²) in [5.74, 6) is -0.112. The molecule has 0 aliphatic carbocycles. The van der Waals surface area contributed by atoms with Crippen LogP contribution >= 0.6 is 0 Å².